The highest BCUT2D eigenvalue weighted by atomic mass is 32.2. The fraction of sp³-hybridized carbons (Fsp3) is 0.571. The maximum absolute atomic E-state index is 11.8. The van der Waals surface area contributed by atoms with Crippen LogP contribution in [0.5, 0.6) is 0 Å². The summed E-state index contributed by atoms with van der Waals surface area (Å²) in [7, 11) is -3.13. The van der Waals surface area contributed by atoms with Crippen molar-refractivity contribution in [2.24, 2.45) is 5.92 Å². The first-order chi connectivity index (χ1) is 8.52. The maximum atomic E-state index is 11.8. The fourth-order valence-electron chi connectivity index (χ4n) is 2.44. The van der Waals surface area contributed by atoms with E-state index in [1.165, 1.54) is 19.1 Å². The van der Waals surface area contributed by atoms with Gasteiger partial charge in [-0.05, 0) is 43.4 Å². The van der Waals surface area contributed by atoms with Gasteiger partial charge in [-0.15, -0.1) is 0 Å². The fourth-order valence-corrected chi connectivity index (χ4v) is 3.39. The third-order valence-electron chi connectivity index (χ3n) is 3.47. The van der Waals surface area contributed by atoms with Crippen molar-refractivity contribution in [2.75, 3.05) is 12.8 Å². The minimum absolute atomic E-state index is 0.415. The van der Waals surface area contributed by atoms with Crippen molar-refractivity contribution in [1.82, 2.24) is 5.32 Å². The molecule has 4 heteroatoms. The van der Waals surface area contributed by atoms with Gasteiger partial charge < -0.3 is 5.32 Å². The molecular weight excluding hydrogens is 246 g/mol. The zero-order chi connectivity index (χ0) is 13.2. The summed E-state index contributed by atoms with van der Waals surface area (Å²) in [6.07, 6.45) is 4.62. The van der Waals surface area contributed by atoms with E-state index < -0.39 is 9.84 Å². The van der Waals surface area contributed by atoms with Crippen molar-refractivity contribution in [2.45, 2.75) is 37.1 Å². The van der Waals surface area contributed by atoms with Crippen LogP contribution in [0.1, 0.15) is 25.3 Å². The molecule has 0 bridgehead atoms. The molecule has 1 atom stereocenters. The summed E-state index contributed by atoms with van der Waals surface area (Å²) in [5, 5.41) is 3.48. The Kier molecular flexibility index (Phi) is 4.07. The van der Waals surface area contributed by atoms with E-state index in [0.717, 1.165) is 24.4 Å². The molecule has 0 radical (unpaired) electrons. The van der Waals surface area contributed by atoms with Gasteiger partial charge in [-0.25, -0.2) is 8.42 Å². The monoisotopic (exact) mass is 267 g/mol. The van der Waals surface area contributed by atoms with Gasteiger partial charge in [0.05, 0.1) is 4.90 Å². The maximum Gasteiger partial charge on any atom is 0.175 e. The largest absolute Gasteiger partial charge is 0.314 e. The summed E-state index contributed by atoms with van der Waals surface area (Å²) in [6, 6.07) is 7.76. The third kappa shape index (κ3) is 3.33. The smallest absolute Gasteiger partial charge is 0.175 e. The van der Waals surface area contributed by atoms with Crippen LogP contribution in [0.3, 0.4) is 0 Å². The topological polar surface area (TPSA) is 46.2 Å². The van der Waals surface area contributed by atoms with Crippen LogP contribution in [0.25, 0.3) is 0 Å². The molecule has 1 aliphatic rings. The summed E-state index contributed by atoms with van der Waals surface area (Å²) in [5.74, 6) is 0.720. The number of hydrogen-bond donors (Lipinski definition) is 1. The summed E-state index contributed by atoms with van der Waals surface area (Å²) >= 11 is 0. The third-order valence-corrected chi connectivity index (χ3v) is 4.67. The predicted molar refractivity (Wildman–Crippen MR) is 73.4 cm³/mol. The Labute approximate surface area is 110 Å². The summed E-state index contributed by atoms with van der Waals surface area (Å²) < 4.78 is 23.5. The van der Waals surface area contributed by atoms with E-state index in [2.05, 4.69) is 12.2 Å². The lowest BCUT2D eigenvalue weighted by Crippen LogP contribution is -2.33. The second kappa shape index (κ2) is 5.41. The Hall–Kier alpha value is -0.870. The van der Waals surface area contributed by atoms with Gasteiger partial charge in [0.15, 0.2) is 9.84 Å². The van der Waals surface area contributed by atoms with Gasteiger partial charge in [-0.3, -0.25) is 0 Å². The first kappa shape index (κ1) is 13.6. The number of rotatable bonds is 6. The van der Waals surface area contributed by atoms with Gasteiger partial charge in [-0.1, -0.05) is 25.1 Å². The first-order valence-corrected chi connectivity index (χ1v) is 8.43. The van der Waals surface area contributed by atoms with Gasteiger partial charge in [0.2, 0.25) is 0 Å². The first-order valence-electron chi connectivity index (χ1n) is 6.53. The summed E-state index contributed by atoms with van der Waals surface area (Å²) in [4.78, 5) is 0.480. The van der Waals surface area contributed by atoms with Crippen LogP contribution >= 0.6 is 0 Å². The van der Waals surface area contributed by atoms with E-state index in [0.29, 0.717) is 10.9 Å². The molecule has 1 unspecified atom stereocenters. The number of likely N-dealkylation sites (N-methyl/N-ethyl adjacent to an activating group) is 1. The molecule has 100 valence electrons. The van der Waals surface area contributed by atoms with E-state index >= 15 is 0 Å². The Morgan fingerprint density at radius 3 is 2.56 bits per heavy atom. The number of nitrogens with one attached hydrogen (secondary N) is 1. The molecule has 1 aliphatic carbocycles. The van der Waals surface area contributed by atoms with E-state index in [-0.39, 0.29) is 0 Å². The summed E-state index contributed by atoms with van der Waals surface area (Å²) in [6.45, 7) is 3.03. The van der Waals surface area contributed by atoms with Crippen LogP contribution in [0.4, 0.5) is 0 Å². The molecule has 0 heterocycles. The van der Waals surface area contributed by atoms with Crippen LogP contribution in [0, 0.1) is 5.92 Å². The normalized spacial score (nSPS) is 17.7. The van der Waals surface area contributed by atoms with E-state index in [1.54, 1.807) is 12.1 Å². The minimum Gasteiger partial charge on any atom is -0.314 e. The van der Waals surface area contributed by atoms with Crippen LogP contribution in [0.2, 0.25) is 0 Å². The number of hydrogen-bond acceptors (Lipinski definition) is 3. The molecule has 18 heavy (non-hydrogen) atoms. The Balaban J connectivity index is 2.22. The standard InChI is InChI=1S/C14H21NO2S/c1-3-15-13(11-8-9-11)10-12-6-4-5-7-14(12)18(2,16)17/h4-7,11,13,15H,3,8-10H2,1-2H3. The highest BCUT2D eigenvalue weighted by Crippen LogP contribution is 2.34. The Morgan fingerprint density at radius 2 is 2.00 bits per heavy atom. The Bertz CT molecular complexity index is 506. The molecule has 1 fully saturated rings. The highest BCUT2D eigenvalue weighted by molar-refractivity contribution is 7.90. The van der Waals surface area contributed by atoms with Crippen molar-refractivity contribution in [3.63, 3.8) is 0 Å². The zero-order valence-electron chi connectivity index (χ0n) is 11.0. The van der Waals surface area contributed by atoms with Crippen LogP contribution in [0.15, 0.2) is 29.2 Å². The number of benzene rings is 1. The van der Waals surface area contributed by atoms with Gasteiger partial charge >= 0.3 is 0 Å². The molecule has 0 aliphatic heterocycles. The second-order valence-corrected chi connectivity index (χ2v) is 7.07. The molecule has 0 amide bonds. The molecule has 1 saturated carbocycles. The average molecular weight is 267 g/mol. The van der Waals surface area contributed by atoms with E-state index in [9.17, 15) is 8.42 Å². The summed E-state index contributed by atoms with van der Waals surface area (Å²) in [5.41, 5.74) is 0.942. The van der Waals surface area contributed by atoms with Crippen LogP contribution in [-0.4, -0.2) is 27.3 Å². The second-order valence-electron chi connectivity index (χ2n) is 5.09. The SMILES string of the molecule is CCNC(Cc1ccccc1S(C)(=O)=O)C1CC1. The van der Waals surface area contributed by atoms with Gasteiger partial charge in [0.1, 0.15) is 0 Å². The lowest BCUT2D eigenvalue weighted by Gasteiger charge is -2.18. The van der Waals surface area contributed by atoms with Crippen molar-refractivity contribution in [1.29, 1.82) is 0 Å². The van der Waals surface area contributed by atoms with Crippen molar-refractivity contribution >= 4 is 9.84 Å². The molecule has 1 N–H and O–H groups in total. The lowest BCUT2D eigenvalue weighted by atomic mass is 10.0. The molecule has 1 aromatic rings. The lowest BCUT2D eigenvalue weighted by molar-refractivity contribution is 0.469. The van der Waals surface area contributed by atoms with Crippen LogP contribution in [-0.2, 0) is 16.3 Å². The van der Waals surface area contributed by atoms with Crippen molar-refractivity contribution < 1.29 is 8.42 Å². The predicted octanol–water partition coefficient (Wildman–Crippen LogP) is 2.02. The van der Waals surface area contributed by atoms with E-state index in [1.807, 2.05) is 12.1 Å². The van der Waals surface area contributed by atoms with Crippen molar-refractivity contribution in [3.8, 4) is 0 Å². The van der Waals surface area contributed by atoms with Crippen molar-refractivity contribution in [3.05, 3.63) is 29.8 Å². The minimum atomic E-state index is -3.13. The Morgan fingerprint density at radius 1 is 1.33 bits per heavy atom. The van der Waals surface area contributed by atoms with Gasteiger partial charge in [-0.2, -0.15) is 0 Å². The number of sulfone groups is 1. The highest BCUT2D eigenvalue weighted by Gasteiger charge is 2.31. The molecule has 2 rings (SSSR count). The molecule has 1 aromatic carbocycles. The quantitative estimate of drug-likeness (QED) is 0.857. The van der Waals surface area contributed by atoms with Gasteiger partial charge in [0.25, 0.3) is 0 Å². The zero-order valence-corrected chi connectivity index (χ0v) is 11.8. The molecule has 3 nitrogen and oxygen atoms in total. The van der Waals surface area contributed by atoms with Gasteiger partial charge in [0, 0.05) is 12.3 Å². The molecule has 0 saturated heterocycles. The van der Waals surface area contributed by atoms with Crippen LogP contribution < -0.4 is 5.32 Å². The molecule has 0 aromatic heterocycles. The molecular formula is C14H21NO2S. The molecule has 0 spiro atoms. The average Bonchev–Trinajstić information content (AvgIpc) is 3.11. The van der Waals surface area contributed by atoms with E-state index in [4.69, 9.17) is 0 Å².